The molecule has 27 heavy (non-hydrogen) atoms. The molecule has 0 aliphatic rings. The van der Waals surface area contributed by atoms with E-state index in [2.05, 4.69) is 27.2 Å². The van der Waals surface area contributed by atoms with Crippen molar-refractivity contribution in [1.29, 1.82) is 0 Å². The number of amides is 2. The SMILES string of the molecule is CCCNC(=O)C(CCC)CCC(=O)NCCNc1nsc2ccccc12. The van der Waals surface area contributed by atoms with E-state index in [4.69, 9.17) is 0 Å². The van der Waals surface area contributed by atoms with Gasteiger partial charge in [0, 0.05) is 37.4 Å². The fourth-order valence-corrected chi connectivity index (χ4v) is 3.69. The van der Waals surface area contributed by atoms with Crippen LogP contribution in [0.15, 0.2) is 24.3 Å². The molecule has 0 saturated carbocycles. The average Bonchev–Trinajstić information content (AvgIpc) is 3.09. The van der Waals surface area contributed by atoms with Crippen LogP contribution in [0.5, 0.6) is 0 Å². The number of aromatic nitrogens is 1. The van der Waals surface area contributed by atoms with Crippen molar-refractivity contribution in [2.75, 3.05) is 25.0 Å². The van der Waals surface area contributed by atoms with Crippen LogP contribution in [-0.4, -0.2) is 35.8 Å². The summed E-state index contributed by atoms with van der Waals surface area (Å²) >= 11 is 1.46. The molecule has 7 heteroatoms. The number of carbonyl (C=O) groups is 2. The van der Waals surface area contributed by atoms with Gasteiger partial charge in [-0.15, -0.1) is 0 Å². The van der Waals surface area contributed by atoms with Crippen LogP contribution >= 0.6 is 11.5 Å². The first-order chi connectivity index (χ1) is 13.2. The molecule has 1 unspecified atom stereocenters. The fraction of sp³-hybridized carbons (Fsp3) is 0.550. The minimum absolute atomic E-state index is 0.00988. The van der Waals surface area contributed by atoms with Crippen molar-refractivity contribution in [3.63, 3.8) is 0 Å². The van der Waals surface area contributed by atoms with E-state index in [-0.39, 0.29) is 17.7 Å². The van der Waals surface area contributed by atoms with Gasteiger partial charge < -0.3 is 16.0 Å². The molecular formula is C20H30N4O2S. The summed E-state index contributed by atoms with van der Waals surface area (Å²) in [6, 6.07) is 8.08. The zero-order valence-electron chi connectivity index (χ0n) is 16.2. The Labute approximate surface area is 165 Å². The monoisotopic (exact) mass is 390 g/mol. The van der Waals surface area contributed by atoms with Crippen molar-refractivity contribution in [3.8, 4) is 0 Å². The summed E-state index contributed by atoms with van der Waals surface area (Å²) in [7, 11) is 0. The van der Waals surface area contributed by atoms with Gasteiger partial charge in [0.05, 0.1) is 4.70 Å². The number of hydrogen-bond acceptors (Lipinski definition) is 5. The molecule has 1 aromatic carbocycles. The van der Waals surface area contributed by atoms with E-state index in [1.54, 1.807) is 0 Å². The van der Waals surface area contributed by atoms with Crippen molar-refractivity contribution >= 4 is 39.3 Å². The van der Waals surface area contributed by atoms with Crippen LogP contribution in [0.4, 0.5) is 5.82 Å². The van der Waals surface area contributed by atoms with Crippen LogP contribution < -0.4 is 16.0 Å². The highest BCUT2D eigenvalue weighted by atomic mass is 32.1. The zero-order valence-corrected chi connectivity index (χ0v) is 17.0. The highest BCUT2D eigenvalue weighted by Crippen LogP contribution is 2.25. The van der Waals surface area contributed by atoms with Gasteiger partial charge in [0.1, 0.15) is 5.82 Å². The van der Waals surface area contributed by atoms with Gasteiger partial charge in [-0.05, 0) is 42.9 Å². The molecule has 0 spiro atoms. The lowest BCUT2D eigenvalue weighted by atomic mass is 9.96. The Morgan fingerprint density at radius 1 is 1.04 bits per heavy atom. The average molecular weight is 391 g/mol. The third-order valence-electron chi connectivity index (χ3n) is 4.39. The van der Waals surface area contributed by atoms with Crippen molar-refractivity contribution in [3.05, 3.63) is 24.3 Å². The van der Waals surface area contributed by atoms with E-state index >= 15 is 0 Å². The van der Waals surface area contributed by atoms with Gasteiger partial charge >= 0.3 is 0 Å². The molecule has 1 heterocycles. The van der Waals surface area contributed by atoms with Crippen LogP contribution in [0.1, 0.15) is 46.0 Å². The Bertz CT molecular complexity index is 732. The molecule has 1 atom stereocenters. The normalized spacial score (nSPS) is 11.9. The highest BCUT2D eigenvalue weighted by Gasteiger charge is 2.18. The van der Waals surface area contributed by atoms with E-state index < -0.39 is 0 Å². The van der Waals surface area contributed by atoms with E-state index in [9.17, 15) is 9.59 Å². The Morgan fingerprint density at radius 2 is 1.85 bits per heavy atom. The van der Waals surface area contributed by atoms with Crippen LogP contribution in [0, 0.1) is 5.92 Å². The second-order valence-corrected chi connectivity index (χ2v) is 7.42. The van der Waals surface area contributed by atoms with Crippen LogP contribution in [0.3, 0.4) is 0 Å². The third kappa shape index (κ3) is 6.82. The Morgan fingerprint density at radius 3 is 2.63 bits per heavy atom. The maximum atomic E-state index is 12.1. The Kier molecular flexibility index (Phi) is 9.04. The van der Waals surface area contributed by atoms with Gasteiger partial charge in [0.25, 0.3) is 0 Å². The summed E-state index contributed by atoms with van der Waals surface area (Å²) in [5, 5.41) is 10.2. The minimum Gasteiger partial charge on any atom is -0.367 e. The van der Waals surface area contributed by atoms with Crippen molar-refractivity contribution < 1.29 is 9.59 Å². The second-order valence-electron chi connectivity index (χ2n) is 6.62. The molecule has 148 valence electrons. The number of rotatable bonds is 12. The minimum atomic E-state index is -0.0770. The van der Waals surface area contributed by atoms with Gasteiger partial charge in [0.2, 0.25) is 11.8 Å². The molecule has 0 aliphatic heterocycles. The number of nitrogens with one attached hydrogen (secondary N) is 3. The van der Waals surface area contributed by atoms with E-state index in [1.165, 1.54) is 11.5 Å². The summed E-state index contributed by atoms with van der Waals surface area (Å²) in [6.45, 7) is 5.95. The maximum Gasteiger partial charge on any atom is 0.223 e. The molecule has 0 bridgehead atoms. The van der Waals surface area contributed by atoms with Gasteiger partial charge in [-0.2, -0.15) is 4.37 Å². The second kappa shape index (κ2) is 11.5. The van der Waals surface area contributed by atoms with Crippen LogP contribution in [0.2, 0.25) is 0 Å². The van der Waals surface area contributed by atoms with E-state index in [1.807, 2.05) is 31.2 Å². The molecule has 0 radical (unpaired) electrons. The first-order valence-electron chi connectivity index (χ1n) is 9.78. The first-order valence-corrected chi connectivity index (χ1v) is 10.6. The lowest BCUT2D eigenvalue weighted by Gasteiger charge is -2.15. The van der Waals surface area contributed by atoms with Crippen molar-refractivity contribution in [2.24, 2.45) is 5.92 Å². The van der Waals surface area contributed by atoms with Gasteiger partial charge in [-0.3, -0.25) is 9.59 Å². The lowest BCUT2D eigenvalue weighted by Crippen LogP contribution is -2.33. The smallest absolute Gasteiger partial charge is 0.223 e. The predicted octanol–water partition coefficient (Wildman–Crippen LogP) is 3.55. The molecule has 2 amide bonds. The van der Waals surface area contributed by atoms with E-state index in [0.717, 1.165) is 35.2 Å². The highest BCUT2D eigenvalue weighted by molar-refractivity contribution is 7.13. The molecule has 3 N–H and O–H groups in total. The molecule has 0 saturated heterocycles. The van der Waals surface area contributed by atoms with Crippen LogP contribution in [0.25, 0.3) is 10.1 Å². The molecule has 0 aliphatic carbocycles. The topological polar surface area (TPSA) is 83.1 Å². The maximum absolute atomic E-state index is 12.1. The predicted molar refractivity (Wildman–Crippen MR) is 112 cm³/mol. The summed E-state index contributed by atoms with van der Waals surface area (Å²) < 4.78 is 5.55. The largest absolute Gasteiger partial charge is 0.367 e. The quantitative estimate of drug-likeness (QED) is 0.484. The Hall–Kier alpha value is -2.15. The summed E-state index contributed by atoms with van der Waals surface area (Å²) in [5.74, 6) is 0.847. The molecule has 2 aromatic rings. The summed E-state index contributed by atoms with van der Waals surface area (Å²) in [6.07, 6.45) is 3.66. The zero-order chi connectivity index (χ0) is 19.5. The molecule has 1 aromatic heterocycles. The summed E-state index contributed by atoms with van der Waals surface area (Å²) in [5.41, 5.74) is 0. The van der Waals surface area contributed by atoms with Crippen LogP contribution in [-0.2, 0) is 9.59 Å². The molecule has 0 fully saturated rings. The number of fused-ring (bicyclic) bond motifs is 1. The third-order valence-corrected chi connectivity index (χ3v) is 5.22. The van der Waals surface area contributed by atoms with Crippen molar-refractivity contribution in [1.82, 2.24) is 15.0 Å². The molecule has 2 rings (SSSR count). The van der Waals surface area contributed by atoms with Crippen molar-refractivity contribution in [2.45, 2.75) is 46.0 Å². The number of hydrogen-bond donors (Lipinski definition) is 3. The first kappa shape index (κ1) is 21.2. The fourth-order valence-electron chi connectivity index (χ4n) is 2.94. The molecule has 6 nitrogen and oxygen atoms in total. The summed E-state index contributed by atoms with van der Waals surface area (Å²) in [4.78, 5) is 24.2. The number of carbonyl (C=O) groups excluding carboxylic acids is 2. The van der Waals surface area contributed by atoms with Gasteiger partial charge in [-0.1, -0.05) is 32.4 Å². The molecular weight excluding hydrogens is 360 g/mol. The Balaban J connectivity index is 1.68. The van der Waals surface area contributed by atoms with Gasteiger partial charge in [-0.25, -0.2) is 0 Å². The number of anilines is 1. The number of nitrogens with zero attached hydrogens (tertiary/aromatic N) is 1. The lowest BCUT2D eigenvalue weighted by molar-refractivity contribution is -0.126. The van der Waals surface area contributed by atoms with E-state index in [0.29, 0.717) is 32.5 Å². The number of benzene rings is 1. The standard InChI is InChI=1S/C20H30N4O2S/c1-3-7-15(20(26)23-12-4-2)10-11-18(25)21-13-14-22-19-16-8-5-6-9-17(16)27-24-19/h5-6,8-9,15H,3-4,7,10-14H2,1-2H3,(H,21,25)(H,22,24)(H,23,26). The van der Waals surface area contributed by atoms with Gasteiger partial charge in [0.15, 0.2) is 0 Å².